The lowest BCUT2D eigenvalue weighted by molar-refractivity contribution is -0.200. The van der Waals surface area contributed by atoms with Crippen LogP contribution in [0.3, 0.4) is 0 Å². The van der Waals surface area contributed by atoms with Crippen LogP contribution in [0.1, 0.15) is 11.7 Å². The third-order valence-corrected chi connectivity index (χ3v) is 3.07. The average molecular weight is 315 g/mol. The van der Waals surface area contributed by atoms with Crippen LogP contribution in [0.5, 0.6) is 0 Å². The van der Waals surface area contributed by atoms with Gasteiger partial charge >= 0.3 is 5.97 Å². The summed E-state index contributed by atoms with van der Waals surface area (Å²) in [5.74, 6) is -0.417. The molecule has 2 rings (SSSR count). The molecule has 0 radical (unpaired) electrons. The summed E-state index contributed by atoms with van der Waals surface area (Å²) in [6.45, 7) is 3.02. The van der Waals surface area contributed by atoms with Crippen molar-refractivity contribution in [2.45, 2.75) is 6.10 Å². The Balaban J connectivity index is 1.97. The molecule has 6 heteroatoms. The molecule has 0 bridgehead atoms. The van der Waals surface area contributed by atoms with Gasteiger partial charge in [0, 0.05) is 26.2 Å². The molecule has 1 fully saturated rings. The van der Waals surface area contributed by atoms with E-state index in [2.05, 4.69) is 21.6 Å². The standard InChI is InChI=1S/C12H15BrN2O3/c13-17-11(10-4-2-1-3-5-10)12(16)18-15-8-6-14-7-9-15/h1-5,11,14H,6-9H2. The molecule has 1 aliphatic heterocycles. The van der Waals surface area contributed by atoms with Crippen LogP contribution >= 0.6 is 16.3 Å². The molecule has 1 aliphatic rings. The van der Waals surface area contributed by atoms with Crippen LogP contribution in [0.4, 0.5) is 0 Å². The molecule has 1 saturated heterocycles. The van der Waals surface area contributed by atoms with Crippen molar-refractivity contribution in [2.75, 3.05) is 26.2 Å². The number of benzene rings is 1. The zero-order chi connectivity index (χ0) is 12.8. The van der Waals surface area contributed by atoms with E-state index < -0.39 is 12.1 Å². The number of halogens is 1. The Morgan fingerprint density at radius 3 is 2.56 bits per heavy atom. The highest BCUT2D eigenvalue weighted by atomic mass is 79.9. The fraction of sp³-hybridized carbons (Fsp3) is 0.417. The summed E-state index contributed by atoms with van der Waals surface area (Å²) < 4.78 is 5.04. The molecule has 98 valence electrons. The summed E-state index contributed by atoms with van der Waals surface area (Å²) in [5.41, 5.74) is 0.759. The fourth-order valence-corrected chi connectivity index (χ4v) is 2.13. The lowest BCUT2D eigenvalue weighted by Gasteiger charge is -2.26. The number of piperazine rings is 1. The summed E-state index contributed by atoms with van der Waals surface area (Å²) in [6, 6.07) is 9.24. The maximum absolute atomic E-state index is 12.0. The van der Waals surface area contributed by atoms with E-state index in [4.69, 9.17) is 8.67 Å². The first kappa shape index (κ1) is 13.5. The molecule has 0 saturated carbocycles. The maximum Gasteiger partial charge on any atom is 0.360 e. The third-order valence-electron chi connectivity index (χ3n) is 2.70. The quantitative estimate of drug-likeness (QED) is 0.911. The van der Waals surface area contributed by atoms with Gasteiger partial charge < -0.3 is 10.2 Å². The van der Waals surface area contributed by atoms with Gasteiger partial charge in [-0.3, -0.25) is 3.83 Å². The molecular formula is C12H15BrN2O3. The minimum Gasteiger partial charge on any atom is -0.365 e. The average Bonchev–Trinajstić information content (AvgIpc) is 2.42. The third kappa shape index (κ3) is 3.52. The van der Waals surface area contributed by atoms with Crippen LogP contribution in [0.25, 0.3) is 0 Å². The summed E-state index contributed by atoms with van der Waals surface area (Å²) in [7, 11) is 0. The Kier molecular flexibility index (Phi) is 5.12. The van der Waals surface area contributed by atoms with Crippen molar-refractivity contribution in [3.8, 4) is 0 Å². The predicted molar refractivity (Wildman–Crippen MR) is 69.7 cm³/mol. The summed E-state index contributed by atoms with van der Waals surface area (Å²) in [4.78, 5) is 17.3. The Morgan fingerprint density at radius 2 is 1.94 bits per heavy atom. The highest BCUT2D eigenvalue weighted by Crippen LogP contribution is 2.21. The van der Waals surface area contributed by atoms with Gasteiger partial charge in [0.05, 0.1) is 0 Å². The van der Waals surface area contributed by atoms with Gasteiger partial charge in [0.2, 0.25) is 0 Å². The molecule has 0 aliphatic carbocycles. The topological polar surface area (TPSA) is 50.8 Å². The van der Waals surface area contributed by atoms with Gasteiger partial charge in [-0.05, 0) is 5.56 Å². The SMILES string of the molecule is O=C(ON1CCNCC1)C(OBr)c1ccccc1. The normalized spacial score (nSPS) is 18.3. The molecule has 0 aromatic heterocycles. The van der Waals surface area contributed by atoms with Crippen molar-refractivity contribution in [1.29, 1.82) is 0 Å². The summed E-state index contributed by atoms with van der Waals surface area (Å²) in [6.07, 6.45) is -0.749. The number of hydroxylamine groups is 2. The highest BCUT2D eigenvalue weighted by molar-refractivity contribution is 9.06. The number of nitrogens with one attached hydrogen (secondary N) is 1. The zero-order valence-corrected chi connectivity index (χ0v) is 11.4. The predicted octanol–water partition coefficient (Wildman–Crippen LogP) is 1.42. The van der Waals surface area contributed by atoms with E-state index >= 15 is 0 Å². The number of carbonyl (C=O) groups excluding carboxylic acids is 1. The largest absolute Gasteiger partial charge is 0.365 e. The highest BCUT2D eigenvalue weighted by Gasteiger charge is 2.25. The lowest BCUT2D eigenvalue weighted by Crippen LogP contribution is -2.44. The van der Waals surface area contributed by atoms with Crippen molar-refractivity contribution in [1.82, 2.24) is 10.4 Å². The first-order valence-corrected chi connectivity index (χ1v) is 6.46. The number of rotatable bonds is 4. The van der Waals surface area contributed by atoms with Gasteiger partial charge in [-0.2, -0.15) is 0 Å². The first-order valence-electron chi connectivity index (χ1n) is 5.81. The van der Waals surface area contributed by atoms with Gasteiger partial charge in [0.25, 0.3) is 0 Å². The molecule has 18 heavy (non-hydrogen) atoms. The minimum absolute atomic E-state index is 0.417. The van der Waals surface area contributed by atoms with Crippen molar-refractivity contribution in [3.05, 3.63) is 35.9 Å². The van der Waals surface area contributed by atoms with Crippen molar-refractivity contribution < 1.29 is 13.5 Å². The Hall–Kier alpha value is -0.950. The smallest absolute Gasteiger partial charge is 0.360 e. The number of hydrogen-bond donors (Lipinski definition) is 1. The van der Waals surface area contributed by atoms with Crippen LogP contribution in [-0.2, 0) is 13.5 Å². The van der Waals surface area contributed by atoms with Crippen LogP contribution in [0, 0.1) is 0 Å². The van der Waals surface area contributed by atoms with E-state index in [1.54, 1.807) is 5.06 Å². The molecule has 1 atom stereocenters. The monoisotopic (exact) mass is 314 g/mol. The van der Waals surface area contributed by atoms with Crippen LogP contribution in [-0.4, -0.2) is 37.2 Å². The van der Waals surface area contributed by atoms with Crippen molar-refractivity contribution >= 4 is 22.2 Å². The molecule has 0 amide bonds. The molecule has 1 aromatic carbocycles. The Bertz CT molecular complexity index is 382. The van der Waals surface area contributed by atoms with Gasteiger partial charge in [-0.1, -0.05) is 30.3 Å². The molecule has 1 heterocycles. The Labute approximate surface area is 114 Å². The van der Waals surface area contributed by atoms with Gasteiger partial charge in [-0.15, -0.1) is 5.06 Å². The van der Waals surface area contributed by atoms with Crippen LogP contribution in [0.15, 0.2) is 30.3 Å². The summed E-state index contributed by atoms with van der Waals surface area (Å²) in [5, 5.41) is 4.84. The first-order chi connectivity index (χ1) is 8.81. The molecule has 5 nitrogen and oxygen atoms in total. The van der Waals surface area contributed by atoms with Gasteiger partial charge in [0.15, 0.2) is 6.10 Å². The molecule has 1 unspecified atom stereocenters. The summed E-state index contributed by atoms with van der Waals surface area (Å²) >= 11 is 2.89. The second-order valence-electron chi connectivity index (χ2n) is 3.97. The number of hydrogen-bond acceptors (Lipinski definition) is 5. The van der Waals surface area contributed by atoms with Gasteiger partial charge in [-0.25, -0.2) is 4.79 Å². The second kappa shape index (κ2) is 6.84. The number of carbonyl (C=O) groups is 1. The Morgan fingerprint density at radius 1 is 1.28 bits per heavy atom. The molecule has 0 spiro atoms. The van der Waals surface area contributed by atoms with E-state index in [9.17, 15) is 4.79 Å². The second-order valence-corrected chi connectivity index (χ2v) is 4.34. The fourth-order valence-electron chi connectivity index (χ4n) is 1.76. The number of nitrogens with zero attached hydrogens (tertiary/aromatic N) is 1. The molecule has 1 aromatic rings. The van der Waals surface area contributed by atoms with Gasteiger partial charge in [0.1, 0.15) is 16.3 Å². The lowest BCUT2D eigenvalue weighted by atomic mass is 10.1. The van der Waals surface area contributed by atoms with Crippen LogP contribution < -0.4 is 5.32 Å². The van der Waals surface area contributed by atoms with Crippen molar-refractivity contribution in [3.63, 3.8) is 0 Å². The van der Waals surface area contributed by atoms with E-state index in [0.717, 1.165) is 18.7 Å². The molecular weight excluding hydrogens is 300 g/mol. The van der Waals surface area contributed by atoms with E-state index in [-0.39, 0.29) is 0 Å². The zero-order valence-electron chi connectivity index (χ0n) is 9.84. The minimum atomic E-state index is -0.749. The van der Waals surface area contributed by atoms with Crippen molar-refractivity contribution in [2.24, 2.45) is 0 Å². The molecule has 1 N–H and O–H groups in total. The van der Waals surface area contributed by atoms with E-state index in [1.165, 1.54) is 0 Å². The van der Waals surface area contributed by atoms with E-state index in [1.807, 2.05) is 30.3 Å². The maximum atomic E-state index is 12.0. The van der Waals surface area contributed by atoms with E-state index in [0.29, 0.717) is 13.1 Å². The van der Waals surface area contributed by atoms with Crippen LogP contribution in [0.2, 0.25) is 0 Å².